The minimum absolute atomic E-state index is 0.128. The molecular weight excluding hydrogens is 432 g/mol. The van der Waals surface area contributed by atoms with Gasteiger partial charge in [-0.05, 0) is 55.0 Å². The lowest BCUT2D eigenvalue weighted by Crippen LogP contribution is -2.10. The summed E-state index contributed by atoms with van der Waals surface area (Å²) in [6.45, 7) is 1.70. The molecule has 0 fully saturated rings. The van der Waals surface area contributed by atoms with Crippen molar-refractivity contribution in [1.82, 2.24) is 0 Å². The number of rotatable bonds is 4. The van der Waals surface area contributed by atoms with Crippen LogP contribution in [0.2, 0.25) is 5.02 Å². The van der Waals surface area contributed by atoms with Gasteiger partial charge in [-0.1, -0.05) is 35.9 Å². The third-order valence-corrected chi connectivity index (χ3v) is 5.29. The third-order valence-electron chi connectivity index (χ3n) is 4.96. The van der Waals surface area contributed by atoms with E-state index in [-0.39, 0.29) is 27.9 Å². The number of hydrogen-bond acceptors (Lipinski definition) is 6. The first kappa shape index (κ1) is 21.3. The second-order valence-corrected chi connectivity index (χ2v) is 7.40. The average molecular weight is 449 g/mol. The number of ketones is 1. The predicted octanol–water partition coefficient (Wildman–Crippen LogP) is 5.27. The van der Waals surface area contributed by atoms with E-state index in [1.165, 1.54) is 7.11 Å². The highest BCUT2D eigenvalue weighted by molar-refractivity contribution is 6.33. The van der Waals surface area contributed by atoms with E-state index in [0.29, 0.717) is 28.0 Å². The summed E-state index contributed by atoms with van der Waals surface area (Å²) >= 11 is 6.07. The van der Waals surface area contributed by atoms with Gasteiger partial charge in [0.05, 0.1) is 28.8 Å². The normalized spacial score (nSPS) is 13.5. The van der Waals surface area contributed by atoms with Gasteiger partial charge in [0.1, 0.15) is 11.5 Å². The number of allylic oxidation sites excluding steroid dienone is 1. The van der Waals surface area contributed by atoms with Crippen molar-refractivity contribution in [2.45, 2.75) is 6.92 Å². The van der Waals surface area contributed by atoms with Crippen LogP contribution in [-0.2, 0) is 4.74 Å². The molecule has 1 aliphatic heterocycles. The summed E-state index contributed by atoms with van der Waals surface area (Å²) < 4.78 is 16.0. The van der Waals surface area contributed by atoms with Crippen molar-refractivity contribution in [3.05, 3.63) is 99.3 Å². The fraction of sp³-hybridized carbons (Fsp3) is 0.0800. The van der Waals surface area contributed by atoms with Gasteiger partial charge in [-0.2, -0.15) is 0 Å². The monoisotopic (exact) mass is 448 g/mol. The third kappa shape index (κ3) is 4.00. The lowest BCUT2D eigenvalue weighted by atomic mass is 10.1. The average Bonchev–Trinajstić information content (AvgIpc) is 3.12. The molecular formula is C25H17ClO6. The number of methoxy groups -OCH3 is 1. The summed E-state index contributed by atoms with van der Waals surface area (Å²) in [6, 6.07) is 16.3. The lowest BCUT2D eigenvalue weighted by molar-refractivity contribution is 0.0600. The zero-order valence-corrected chi connectivity index (χ0v) is 17.9. The molecule has 0 aliphatic carbocycles. The Morgan fingerprint density at radius 1 is 0.969 bits per heavy atom. The summed E-state index contributed by atoms with van der Waals surface area (Å²) in [4.78, 5) is 36.8. The quantitative estimate of drug-likeness (QED) is 0.307. The number of fused-ring (bicyclic) bond motifs is 1. The van der Waals surface area contributed by atoms with Crippen molar-refractivity contribution in [3.63, 3.8) is 0 Å². The topological polar surface area (TPSA) is 78.9 Å². The van der Waals surface area contributed by atoms with Crippen LogP contribution in [-0.4, -0.2) is 24.8 Å². The highest BCUT2D eigenvalue weighted by Gasteiger charge is 2.30. The molecule has 0 unspecified atom stereocenters. The Balaban J connectivity index is 1.58. The van der Waals surface area contributed by atoms with Crippen LogP contribution in [0.4, 0.5) is 0 Å². The molecule has 0 N–H and O–H groups in total. The van der Waals surface area contributed by atoms with Crippen molar-refractivity contribution in [1.29, 1.82) is 0 Å². The highest BCUT2D eigenvalue weighted by atomic mass is 35.5. The summed E-state index contributed by atoms with van der Waals surface area (Å²) in [6.07, 6.45) is 1.58. The van der Waals surface area contributed by atoms with E-state index >= 15 is 0 Å². The number of esters is 2. The molecule has 0 spiro atoms. The molecule has 6 nitrogen and oxygen atoms in total. The number of Topliss-reactive ketones (excluding diaryl/α,β-unsaturated/α-hetero) is 1. The summed E-state index contributed by atoms with van der Waals surface area (Å²) in [5.41, 5.74) is 2.20. The second-order valence-electron chi connectivity index (χ2n) is 6.99. The van der Waals surface area contributed by atoms with Crippen LogP contribution in [0, 0.1) is 6.92 Å². The minimum Gasteiger partial charge on any atom is -0.465 e. The largest absolute Gasteiger partial charge is 0.465 e. The van der Waals surface area contributed by atoms with Crippen LogP contribution in [0.5, 0.6) is 11.5 Å². The van der Waals surface area contributed by atoms with Gasteiger partial charge < -0.3 is 14.2 Å². The maximum absolute atomic E-state index is 12.8. The van der Waals surface area contributed by atoms with Crippen molar-refractivity contribution in [2.75, 3.05) is 7.11 Å². The Kier molecular flexibility index (Phi) is 5.79. The van der Waals surface area contributed by atoms with Crippen molar-refractivity contribution < 1.29 is 28.6 Å². The fourth-order valence-electron chi connectivity index (χ4n) is 3.24. The van der Waals surface area contributed by atoms with Crippen LogP contribution in [0.25, 0.3) is 6.08 Å². The Morgan fingerprint density at radius 2 is 1.69 bits per heavy atom. The molecule has 1 aliphatic rings. The van der Waals surface area contributed by atoms with E-state index in [2.05, 4.69) is 4.74 Å². The molecule has 0 amide bonds. The first-order valence-electron chi connectivity index (χ1n) is 9.62. The van der Waals surface area contributed by atoms with E-state index in [1.807, 2.05) is 0 Å². The maximum Gasteiger partial charge on any atom is 0.345 e. The van der Waals surface area contributed by atoms with E-state index in [9.17, 15) is 14.4 Å². The van der Waals surface area contributed by atoms with Crippen LogP contribution >= 0.6 is 11.6 Å². The van der Waals surface area contributed by atoms with Crippen molar-refractivity contribution in [2.24, 2.45) is 0 Å². The van der Waals surface area contributed by atoms with Gasteiger partial charge in [0, 0.05) is 5.56 Å². The number of carbonyl (C=O) groups is 3. The molecule has 0 bridgehead atoms. The van der Waals surface area contributed by atoms with E-state index < -0.39 is 11.9 Å². The van der Waals surface area contributed by atoms with Crippen molar-refractivity contribution >= 4 is 35.4 Å². The first-order chi connectivity index (χ1) is 15.4. The van der Waals surface area contributed by atoms with Gasteiger partial charge in [0.2, 0.25) is 5.78 Å². The van der Waals surface area contributed by atoms with Crippen LogP contribution in [0.3, 0.4) is 0 Å². The standard InChI is InChI=1S/C25H17ClO6/c1-14-20(32-25(29)17-5-3-4-6-19(17)26)12-11-18-22(27)21(31-23(14)18)13-15-7-9-16(10-8-15)24(28)30-2/h3-13H,1-2H3/b21-13-. The molecule has 0 saturated carbocycles. The molecule has 32 heavy (non-hydrogen) atoms. The summed E-state index contributed by atoms with van der Waals surface area (Å²) in [5, 5.41) is 0.283. The van der Waals surface area contributed by atoms with E-state index in [0.717, 1.165) is 0 Å². The number of hydrogen-bond donors (Lipinski definition) is 0. The zero-order valence-electron chi connectivity index (χ0n) is 17.2. The number of halogens is 1. The molecule has 0 atom stereocenters. The summed E-state index contributed by atoms with van der Waals surface area (Å²) in [5.74, 6) is -0.613. The molecule has 0 saturated heterocycles. The predicted molar refractivity (Wildman–Crippen MR) is 118 cm³/mol. The first-order valence-corrected chi connectivity index (χ1v) is 9.99. The van der Waals surface area contributed by atoms with E-state index in [1.54, 1.807) is 73.7 Å². The van der Waals surface area contributed by atoms with Crippen molar-refractivity contribution in [3.8, 4) is 11.5 Å². The molecule has 0 aromatic heterocycles. The van der Waals surface area contributed by atoms with E-state index in [4.69, 9.17) is 21.1 Å². The van der Waals surface area contributed by atoms with Crippen LogP contribution < -0.4 is 9.47 Å². The van der Waals surface area contributed by atoms with Crippen LogP contribution in [0.1, 0.15) is 42.2 Å². The van der Waals surface area contributed by atoms with Gasteiger partial charge in [0.15, 0.2) is 5.76 Å². The lowest BCUT2D eigenvalue weighted by Gasteiger charge is -2.10. The van der Waals surface area contributed by atoms with Gasteiger partial charge in [-0.3, -0.25) is 4.79 Å². The highest BCUT2D eigenvalue weighted by Crippen LogP contribution is 2.39. The fourth-order valence-corrected chi connectivity index (χ4v) is 3.46. The molecule has 160 valence electrons. The van der Waals surface area contributed by atoms with Gasteiger partial charge in [-0.15, -0.1) is 0 Å². The number of benzene rings is 3. The van der Waals surface area contributed by atoms with Gasteiger partial charge in [0.25, 0.3) is 0 Å². The molecule has 3 aromatic carbocycles. The van der Waals surface area contributed by atoms with Crippen LogP contribution in [0.15, 0.2) is 66.4 Å². The molecule has 4 rings (SSSR count). The summed E-state index contributed by atoms with van der Waals surface area (Å²) in [7, 11) is 1.31. The molecule has 1 heterocycles. The Labute approximate surface area is 189 Å². The molecule has 7 heteroatoms. The number of carbonyl (C=O) groups excluding carboxylic acids is 3. The minimum atomic E-state index is -0.607. The molecule has 0 radical (unpaired) electrons. The Hall–Kier alpha value is -3.90. The van der Waals surface area contributed by atoms with Gasteiger partial charge >= 0.3 is 11.9 Å². The zero-order chi connectivity index (χ0) is 22.8. The Morgan fingerprint density at radius 3 is 2.38 bits per heavy atom. The van der Waals surface area contributed by atoms with Gasteiger partial charge in [-0.25, -0.2) is 9.59 Å². The Bertz CT molecular complexity index is 1270. The smallest absolute Gasteiger partial charge is 0.345 e. The SMILES string of the molecule is COC(=O)c1ccc(/C=C2\Oc3c(ccc(OC(=O)c4ccccc4Cl)c3C)C2=O)cc1. The number of ether oxygens (including phenoxy) is 3. The second kappa shape index (κ2) is 8.69. The molecule has 3 aromatic rings. The maximum atomic E-state index is 12.8.